The predicted molar refractivity (Wildman–Crippen MR) is 93.0 cm³/mol. The maximum absolute atomic E-state index is 12.4. The molecule has 1 heterocycles. The van der Waals surface area contributed by atoms with Crippen LogP contribution in [0, 0.1) is 0 Å². The Labute approximate surface area is 136 Å². The number of H-pyrrole nitrogens is 1. The standard InChI is InChI=1S/C18H20N2O2S/c1-18(2,16-12-19-17-11-7-6-10-15(16)17)13-20-23(21,22)14-8-4-3-5-9-14/h3-12,19-20H,13H2,1-2H3. The van der Waals surface area contributed by atoms with Crippen LogP contribution in [0.2, 0.25) is 0 Å². The Morgan fingerprint density at radius 3 is 2.39 bits per heavy atom. The van der Waals surface area contributed by atoms with Gasteiger partial charge in [-0.15, -0.1) is 0 Å². The summed E-state index contributed by atoms with van der Waals surface area (Å²) in [7, 11) is -3.50. The molecular formula is C18H20N2O2S. The summed E-state index contributed by atoms with van der Waals surface area (Å²) in [6.45, 7) is 4.40. The van der Waals surface area contributed by atoms with Gasteiger partial charge >= 0.3 is 0 Å². The van der Waals surface area contributed by atoms with E-state index in [0.29, 0.717) is 6.54 Å². The quantitative estimate of drug-likeness (QED) is 0.754. The highest BCUT2D eigenvalue weighted by atomic mass is 32.2. The van der Waals surface area contributed by atoms with E-state index in [1.54, 1.807) is 30.3 Å². The zero-order valence-corrected chi connectivity index (χ0v) is 14.0. The molecule has 120 valence electrons. The summed E-state index contributed by atoms with van der Waals surface area (Å²) in [6.07, 6.45) is 1.96. The van der Waals surface area contributed by atoms with Crippen LogP contribution in [-0.4, -0.2) is 19.9 Å². The van der Waals surface area contributed by atoms with Crippen LogP contribution in [0.1, 0.15) is 19.4 Å². The molecule has 3 rings (SSSR count). The molecule has 0 radical (unpaired) electrons. The van der Waals surface area contributed by atoms with Crippen molar-refractivity contribution >= 4 is 20.9 Å². The van der Waals surface area contributed by atoms with Gasteiger partial charge in [-0.2, -0.15) is 0 Å². The van der Waals surface area contributed by atoms with Crippen molar-refractivity contribution in [1.82, 2.24) is 9.71 Å². The molecule has 0 unspecified atom stereocenters. The molecule has 0 fully saturated rings. The van der Waals surface area contributed by atoms with Crippen molar-refractivity contribution in [2.45, 2.75) is 24.2 Å². The number of hydrogen-bond donors (Lipinski definition) is 2. The topological polar surface area (TPSA) is 62.0 Å². The van der Waals surface area contributed by atoms with E-state index < -0.39 is 10.0 Å². The minimum atomic E-state index is -3.50. The first kappa shape index (κ1) is 15.8. The van der Waals surface area contributed by atoms with Crippen LogP contribution in [0.4, 0.5) is 0 Å². The number of benzene rings is 2. The molecule has 0 atom stereocenters. The maximum Gasteiger partial charge on any atom is 0.240 e. The Morgan fingerprint density at radius 2 is 1.65 bits per heavy atom. The lowest BCUT2D eigenvalue weighted by Gasteiger charge is -2.25. The number of hydrogen-bond acceptors (Lipinski definition) is 2. The highest BCUT2D eigenvalue weighted by Gasteiger charge is 2.26. The summed E-state index contributed by atoms with van der Waals surface area (Å²) in [6, 6.07) is 16.5. The van der Waals surface area contributed by atoms with E-state index in [2.05, 4.69) is 15.8 Å². The Hall–Kier alpha value is -2.11. The molecule has 0 aliphatic carbocycles. The summed E-state index contributed by atoms with van der Waals surface area (Å²) in [4.78, 5) is 3.53. The van der Waals surface area contributed by atoms with Crippen LogP contribution in [0.25, 0.3) is 10.9 Å². The second-order valence-electron chi connectivity index (χ2n) is 6.27. The minimum absolute atomic E-state index is 0.287. The molecule has 5 heteroatoms. The lowest BCUT2D eigenvalue weighted by atomic mass is 9.85. The first-order valence-corrected chi connectivity index (χ1v) is 9.00. The van der Waals surface area contributed by atoms with Gasteiger partial charge < -0.3 is 4.98 Å². The summed E-state index contributed by atoms with van der Waals surface area (Å²) < 4.78 is 27.5. The van der Waals surface area contributed by atoms with Crippen LogP contribution in [-0.2, 0) is 15.4 Å². The molecule has 0 bridgehead atoms. The zero-order chi connectivity index (χ0) is 16.5. The van der Waals surface area contributed by atoms with E-state index in [1.807, 2.05) is 38.2 Å². The van der Waals surface area contributed by atoms with E-state index in [0.717, 1.165) is 16.5 Å². The number of para-hydroxylation sites is 1. The van der Waals surface area contributed by atoms with E-state index in [4.69, 9.17) is 0 Å². The van der Waals surface area contributed by atoms with Gasteiger partial charge in [-0.25, -0.2) is 13.1 Å². The Bertz CT molecular complexity index is 912. The van der Waals surface area contributed by atoms with Crippen molar-refractivity contribution in [2.24, 2.45) is 0 Å². The number of nitrogens with one attached hydrogen (secondary N) is 2. The maximum atomic E-state index is 12.4. The van der Waals surface area contributed by atoms with Crippen LogP contribution < -0.4 is 4.72 Å². The van der Waals surface area contributed by atoms with E-state index in [1.165, 1.54) is 0 Å². The SMILES string of the molecule is CC(C)(CNS(=O)(=O)c1ccccc1)c1c[nH]c2ccccc12. The molecular weight excluding hydrogens is 308 g/mol. The Morgan fingerprint density at radius 1 is 1.00 bits per heavy atom. The van der Waals surface area contributed by atoms with E-state index in [9.17, 15) is 8.42 Å². The van der Waals surface area contributed by atoms with Crippen molar-refractivity contribution in [3.8, 4) is 0 Å². The predicted octanol–water partition coefficient (Wildman–Crippen LogP) is 3.42. The molecule has 0 amide bonds. The van der Waals surface area contributed by atoms with Gasteiger partial charge in [0.15, 0.2) is 0 Å². The lowest BCUT2D eigenvalue weighted by molar-refractivity contribution is 0.505. The summed E-state index contributed by atoms with van der Waals surface area (Å²) in [5.41, 5.74) is 1.83. The van der Waals surface area contributed by atoms with E-state index in [-0.39, 0.29) is 10.3 Å². The Balaban J connectivity index is 1.84. The van der Waals surface area contributed by atoms with Gasteiger partial charge in [0.05, 0.1) is 4.90 Å². The normalized spacial score (nSPS) is 12.6. The van der Waals surface area contributed by atoms with Crippen molar-refractivity contribution in [3.63, 3.8) is 0 Å². The molecule has 0 spiro atoms. The van der Waals surface area contributed by atoms with Crippen LogP contribution in [0.3, 0.4) is 0 Å². The smallest absolute Gasteiger partial charge is 0.240 e. The third-order valence-electron chi connectivity index (χ3n) is 4.08. The second kappa shape index (κ2) is 5.83. The van der Waals surface area contributed by atoms with Crippen LogP contribution >= 0.6 is 0 Å². The van der Waals surface area contributed by atoms with Gasteiger partial charge in [0.1, 0.15) is 0 Å². The van der Waals surface area contributed by atoms with Crippen molar-refractivity contribution in [3.05, 3.63) is 66.4 Å². The van der Waals surface area contributed by atoms with Crippen molar-refractivity contribution < 1.29 is 8.42 Å². The van der Waals surface area contributed by atoms with E-state index >= 15 is 0 Å². The minimum Gasteiger partial charge on any atom is -0.361 e. The van der Waals surface area contributed by atoms with Crippen LogP contribution in [0.5, 0.6) is 0 Å². The molecule has 2 N–H and O–H groups in total. The van der Waals surface area contributed by atoms with Gasteiger partial charge in [0.2, 0.25) is 10.0 Å². The molecule has 4 nitrogen and oxygen atoms in total. The first-order valence-electron chi connectivity index (χ1n) is 7.51. The van der Waals surface area contributed by atoms with Gasteiger partial charge in [-0.05, 0) is 23.8 Å². The number of aromatic amines is 1. The van der Waals surface area contributed by atoms with Crippen molar-refractivity contribution in [1.29, 1.82) is 0 Å². The number of aromatic nitrogens is 1. The number of sulfonamides is 1. The molecule has 3 aromatic rings. The summed E-state index contributed by atoms with van der Waals surface area (Å²) in [5.74, 6) is 0. The average Bonchev–Trinajstić information content (AvgIpc) is 2.99. The van der Waals surface area contributed by atoms with Crippen molar-refractivity contribution in [2.75, 3.05) is 6.54 Å². The fourth-order valence-electron chi connectivity index (χ4n) is 2.69. The molecule has 0 saturated carbocycles. The molecule has 0 saturated heterocycles. The molecule has 0 aliphatic heterocycles. The summed E-state index contributed by atoms with van der Waals surface area (Å²) in [5, 5.41) is 1.12. The van der Waals surface area contributed by atoms with Gasteiger partial charge in [0, 0.05) is 29.1 Å². The Kier molecular flexibility index (Phi) is 4.00. The molecule has 1 aromatic heterocycles. The fraction of sp³-hybridized carbons (Fsp3) is 0.222. The first-order chi connectivity index (χ1) is 10.9. The largest absolute Gasteiger partial charge is 0.361 e. The second-order valence-corrected chi connectivity index (χ2v) is 8.04. The third kappa shape index (κ3) is 3.16. The van der Waals surface area contributed by atoms with Crippen LogP contribution in [0.15, 0.2) is 65.7 Å². The number of rotatable bonds is 5. The van der Waals surface area contributed by atoms with Gasteiger partial charge in [-0.3, -0.25) is 0 Å². The lowest BCUT2D eigenvalue weighted by Crippen LogP contribution is -2.36. The molecule has 23 heavy (non-hydrogen) atoms. The molecule has 2 aromatic carbocycles. The third-order valence-corrected chi connectivity index (χ3v) is 5.49. The highest BCUT2D eigenvalue weighted by molar-refractivity contribution is 7.89. The number of fused-ring (bicyclic) bond motifs is 1. The summed E-state index contributed by atoms with van der Waals surface area (Å²) >= 11 is 0. The highest BCUT2D eigenvalue weighted by Crippen LogP contribution is 2.30. The monoisotopic (exact) mass is 328 g/mol. The zero-order valence-electron chi connectivity index (χ0n) is 13.2. The van der Waals surface area contributed by atoms with Gasteiger partial charge in [-0.1, -0.05) is 50.2 Å². The average molecular weight is 328 g/mol. The fourth-order valence-corrected chi connectivity index (χ4v) is 3.92. The molecule has 0 aliphatic rings. The van der Waals surface area contributed by atoms with Gasteiger partial charge in [0.25, 0.3) is 0 Å².